The zero-order chi connectivity index (χ0) is 15.4. The first kappa shape index (κ1) is 16.1. The first-order chi connectivity index (χ1) is 10.0. The second-order valence-electron chi connectivity index (χ2n) is 5.79. The van der Waals surface area contributed by atoms with Crippen molar-refractivity contribution in [2.75, 3.05) is 7.05 Å². The fraction of sp³-hybridized carbons (Fsp3) is 0.444. The van der Waals surface area contributed by atoms with E-state index in [0.717, 1.165) is 12.3 Å². The van der Waals surface area contributed by atoms with Gasteiger partial charge in [-0.15, -0.1) is 11.3 Å². The third kappa shape index (κ3) is 4.08. The van der Waals surface area contributed by atoms with Gasteiger partial charge in [-0.3, -0.25) is 0 Å². The van der Waals surface area contributed by atoms with Crippen LogP contribution in [-0.4, -0.2) is 7.05 Å². The Balaban J connectivity index is 2.04. The maximum absolute atomic E-state index is 5.97. The van der Waals surface area contributed by atoms with E-state index >= 15 is 0 Å². The number of ether oxygens (including phenoxy) is 1. The predicted molar refractivity (Wildman–Crippen MR) is 91.4 cm³/mol. The summed E-state index contributed by atoms with van der Waals surface area (Å²) in [5, 5.41) is 3.19. The fourth-order valence-electron chi connectivity index (χ4n) is 2.54. The van der Waals surface area contributed by atoms with Crippen molar-refractivity contribution < 1.29 is 4.74 Å². The molecular weight excluding hydrogens is 278 g/mol. The van der Waals surface area contributed by atoms with Gasteiger partial charge >= 0.3 is 0 Å². The monoisotopic (exact) mass is 303 g/mol. The molecule has 1 aromatic carbocycles. The fourth-order valence-corrected chi connectivity index (χ4v) is 3.60. The second-order valence-corrected chi connectivity index (χ2v) is 7.13. The Morgan fingerprint density at radius 3 is 2.57 bits per heavy atom. The summed E-state index contributed by atoms with van der Waals surface area (Å²) in [7, 11) is 1.98. The largest absolute Gasteiger partial charge is 0.489 e. The lowest BCUT2D eigenvalue weighted by molar-refractivity contribution is 0.305. The van der Waals surface area contributed by atoms with Gasteiger partial charge < -0.3 is 10.1 Å². The summed E-state index contributed by atoms with van der Waals surface area (Å²) in [5.41, 5.74) is 3.99. The lowest BCUT2D eigenvalue weighted by Crippen LogP contribution is -2.03. The number of benzene rings is 1. The van der Waals surface area contributed by atoms with Crippen LogP contribution in [0.4, 0.5) is 0 Å². The maximum atomic E-state index is 5.97. The number of hydrogen-bond acceptors (Lipinski definition) is 3. The van der Waals surface area contributed by atoms with Gasteiger partial charge in [0.2, 0.25) is 0 Å². The van der Waals surface area contributed by atoms with Crippen LogP contribution in [0.25, 0.3) is 0 Å². The highest BCUT2D eigenvalue weighted by Crippen LogP contribution is 2.26. The van der Waals surface area contributed by atoms with Crippen LogP contribution < -0.4 is 10.1 Å². The molecule has 0 aliphatic heterocycles. The topological polar surface area (TPSA) is 21.3 Å². The molecular formula is C18H25NOS. The Bertz CT molecular complexity index is 601. The van der Waals surface area contributed by atoms with Crippen molar-refractivity contribution in [2.45, 2.75) is 46.8 Å². The van der Waals surface area contributed by atoms with Crippen LogP contribution in [0.5, 0.6) is 5.75 Å². The number of thiophene rings is 1. The van der Waals surface area contributed by atoms with Gasteiger partial charge in [0.25, 0.3) is 0 Å². The first-order valence-corrected chi connectivity index (χ1v) is 8.29. The van der Waals surface area contributed by atoms with Gasteiger partial charge in [-0.1, -0.05) is 19.9 Å². The second kappa shape index (κ2) is 7.10. The molecule has 0 aliphatic rings. The highest BCUT2D eigenvalue weighted by atomic mass is 32.1. The Kier molecular flexibility index (Phi) is 5.43. The summed E-state index contributed by atoms with van der Waals surface area (Å²) in [6, 6.07) is 8.65. The molecule has 0 saturated carbocycles. The van der Waals surface area contributed by atoms with Crippen molar-refractivity contribution in [3.63, 3.8) is 0 Å². The molecule has 0 atom stereocenters. The Labute approximate surface area is 132 Å². The van der Waals surface area contributed by atoms with E-state index in [0.29, 0.717) is 12.5 Å². The summed E-state index contributed by atoms with van der Waals surface area (Å²) in [5.74, 6) is 1.51. The Hall–Kier alpha value is -1.32. The highest BCUT2D eigenvalue weighted by Gasteiger charge is 2.08. The molecule has 0 spiro atoms. The smallest absolute Gasteiger partial charge is 0.120 e. The van der Waals surface area contributed by atoms with Crippen LogP contribution >= 0.6 is 11.3 Å². The van der Waals surface area contributed by atoms with Crippen molar-refractivity contribution in [3.8, 4) is 5.75 Å². The molecule has 3 heteroatoms. The molecule has 1 heterocycles. The van der Waals surface area contributed by atoms with Gasteiger partial charge in [0.1, 0.15) is 12.4 Å². The van der Waals surface area contributed by atoms with E-state index in [-0.39, 0.29) is 0 Å². The molecule has 0 fully saturated rings. The van der Waals surface area contributed by atoms with E-state index in [2.05, 4.69) is 57.3 Å². The molecule has 0 radical (unpaired) electrons. The van der Waals surface area contributed by atoms with Crippen LogP contribution in [0.1, 0.15) is 46.2 Å². The zero-order valence-electron chi connectivity index (χ0n) is 13.6. The van der Waals surface area contributed by atoms with E-state index in [1.807, 2.05) is 18.4 Å². The molecule has 2 rings (SSSR count). The predicted octanol–water partition coefficient (Wildman–Crippen LogP) is 4.79. The van der Waals surface area contributed by atoms with Gasteiger partial charge in [-0.2, -0.15) is 0 Å². The molecule has 1 N–H and O–H groups in total. The molecule has 0 bridgehead atoms. The third-order valence-corrected chi connectivity index (χ3v) is 4.77. The van der Waals surface area contributed by atoms with Crippen molar-refractivity contribution in [3.05, 3.63) is 50.7 Å². The molecule has 0 aliphatic carbocycles. The molecule has 2 nitrogen and oxygen atoms in total. The molecule has 0 unspecified atom stereocenters. The van der Waals surface area contributed by atoms with E-state index in [1.54, 1.807) is 0 Å². The first-order valence-electron chi connectivity index (χ1n) is 7.47. The van der Waals surface area contributed by atoms with Crippen molar-refractivity contribution in [1.82, 2.24) is 5.32 Å². The number of aryl methyl sites for hydroxylation is 2. The summed E-state index contributed by atoms with van der Waals surface area (Å²) in [6.07, 6.45) is 0. The minimum Gasteiger partial charge on any atom is -0.489 e. The Morgan fingerprint density at radius 1 is 1.19 bits per heavy atom. The molecule has 114 valence electrons. The molecule has 21 heavy (non-hydrogen) atoms. The minimum absolute atomic E-state index is 0.558. The zero-order valence-corrected chi connectivity index (χ0v) is 14.4. The van der Waals surface area contributed by atoms with Crippen LogP contribution in [-0.2, 0) is 13.2 Å². The van der Waals surface area contributed by atoms with Crippen molar-refractivity contribution >= 4 is 11.3 Å². The van der Waals surface area contributed by atoms with Crippen molar-refractivity contribution in [2.24, 2.45) is 0 Å². The Morgan fingerprint density at radius 2 is 1.95 bits per heavy atom. The average molecular weight is 303 g/mol. The number of nitrogens with one attached hydrogen (secondary N) is 1. The summed E-state index contributed by atoms with van der Waals surface area (Å²) in [4.78, 5) is 2.70. The highest BCUT2D eigenvalue weighted by molar-refractivity contribution is 7.12. The summed E-state index contributed by atoms with van der Waals surface area (Å²) < 4.78 is 5.97. The molecule has 0 saturated heterocycles. The lowest BCUT2D eigenvalue weighted by atomic mass is 9.98. The SMILES string of the molecule is CNCc1cc(COc2ccc(C(C)C)c(C)c2)c(C)s1. The van der Waals surface area contributed by atoms with Crippen LogP contribution in [0, 0.1) is 13.8 Å². The normalized spacial score (nSPS) is 11.1. The molecule has 0 amide bonds. The lowest BCUT2D eigenvalue weighted by Gasteiger charge is -2.12. The van der Waals surface area contributed by atoms with Gasteiger partial charge in [0.15, 0.2) is 0 Å². The van der Waals surface area contributed by atoms with Crippen LogP contribution in [0.15, 0.2) is 24.3 Å². The van der Waals surface area contributed by atoms with Gasteiger partial charge in [0.05, 0.1) is 0 Å². The van der Waals surface area contributed by atoms with E-state index < -0.39 is 0 Å². The maximum Gasteiger partial charge on any atom is 0.120 e. The summed E-state index contributed by atoms with van der Waals surface area (Å²) in [6.45, 7) is 10.3. The van der Waals surface area contributed by atoms with Gasteiger partial charge in [0, 0.05) is 21.9 Å². The number of rotatable bonds is 6. The van der Waals surface area contributed by atoms with Gasteiger partial charge in [-0.25, -0.2) is 0 Å². The van der Waals surface area contributed by atoms with E-state index in [1.165, 1.54) is 26.4 Å². The molecule has 1 aromatic heterocycles. The van der Waals surface area contributed by atoms with E-state index in [9.17, 15) is 0 Å². The quantitative estimate of drug-likeness (QED) is 0.828. The van der Waals surface area contributed by atoms with Crippen LogP contribution in [0.3, 0.4) is 0 Å². The van der Waals surface area contributed by atoms with Crippen molar-refractivity contribution in [1.29, 1.82) is 0 Å². The number of hydrogen-bond donors (Lipinski definition) is 1. The standard InChI is InChI=1S/C18H25NOS/c1-12(2)18-7-6-16(8-13(18)3)20-11-15-9-17(10-19-5)21-14(15)4/h6-9,12,19H,10-11H2,1-5H3. The summed E-state index contributed by atoms with van der Waals surface area (Å²) >= 11 is 1.84. The van der Waals surface area contributed by atoms with E-state index in [4.69, 9.17) is 4.74 Å². The molecule has 2 aromatic rings. The average Bonchev–Trinajstić information content (AvgIpc) is 2.76. The minimum atomic E-state index is 0.558. The van der Waals surface area contributed by atoms with Gasteiger partial charge in [-0.05, 0) is 56.1 Å². The third-order valence-electron chi connectivity index (χ3n) is 3.68. The van der Waals surface area contributed by atoms with Crippen LogP contribution in [0.2, 0.25) is 0 Å².